The summed E-state index contributed by atoms with van der Waals surface area (Å²) in [4.78, 5) is 38.8. The molecule has 180 valence electrons. The van der Waals surface area contributed by atoms with Crippen LogP contribution in [-0.2, 0) is 18.9 Å². The minimum absolute atomic E-state index is 0.301. The lowest BCUT2D eigenvalue weighted by Crippen LogP contribution is -2.52. The van der Waals surface area contributed by atoms with Crippen LogP contribution < -0.4 is 0 Å². The second-order valence-corrected chi connectivity index (χ2v) is 8.32. The molecule has 35 heavy (non-hydrogen) atoms. The van der Waals surface area contributed by atoms with Gasteiger partial charge in [-0.3, -0.25) is 0 Å². The van der Waals surface area contributed by atoms with Crippen molar-refractivity contribution in [3.63, 3.8) is 0 Å². The van der Waals surface area contributed by atoms with E-state index in [1.807, 2.05) is 6.92 Å². The molecule has 0 radical (unpaired) electrons. The maximum Gasteiger partial charge on any atom is 0.340 e. The van der Waals surface area contributed by atoms with Gasteiger partial charge in [-0.25, -0.2) is 14.4 Å². The molecule has 0 bridgehead atoms. The molecule has 7 nitrogen and oxygen atoms in total. The zero-order valence-corrected chi connectivity index (χ0v) is 19.5. The fourth-order valence-corrected chi connectivity index (χ4v) is 3.95. The average Bonchev–Trinajstić information content (AvgIpc) is 3.15. The molecule has 0 unspecified atom stereocenters. The molecule has 1 saturated heterocycles. The third-order valence-corrected chi connectivity index (χ3v) is 5.86. The fraction of sp³-hybridized carbons (Fsp3) is 0.250. The van der Waals surface area contributed by atoms with E-state index in [4.69, 9.17) is 18.9 Å². The molecule has 4 atom stereocenters. The van der Waals surface area contributed by atoms with Gasteiger partial charge in [-0.1, -0.05) is 61.5 Å². The topological polar surface area (TPSA) is 88.1 Å². The zero-order chi connectivity index (χ0) is 24.8. The lowest BCUT2D eigenvalue weighted by atomic mass is 9.95. The summed E-state index contributed by atoms with van der Waals surface area (Å²) < 4.78 is 23.4. The second-order valence-electron chi connectivity index (χ2n) is 8.32. The standard InChI is InChI=1S/C28H26O7/c1-3-22-23(33-24(29)19-13-7-4-8-14-19)28(2,35-26(31)21-17-11-6-12-18-21)27(32-22)34-25(30)20-15-9-5-10-16-20/h4-18,22-23,27H,3H2,1-2H3/t22-,23-,27-,28-/m1/s1. The van der Waals surface area contributed by atoms with Crippen molar-refractivity contribution in [2.75, 3.05) is 0 Å². The smallest absolute Gasteiger partial charge is 0.340 e. The Hall–Kier alpha value is -3.97. The molecule has 7 heteroatoms. The molecular formula is C28H26O7. The summed E-state index contributed by atoms with van der Waals surface area (Å²) >= 11 is 0. The lowest BCUT2D eigenvalue weighted by molar-refractivity contribution is -0.173. The first-order valence-electron chi connectivity index (χ1n) is 11.4. The maximum atomic E-state index is 13.0. The van der Waals surface area contributed by atoms with Crippen LogP contribution in [0.3, 0.4) is 0 Å². The highest BCUT2D eigenvalue weighted by Gasteiger charge is 2.60. The van der Waals surface area contributed by atoms with Crippen LogP contribution in [0.25, 0.3) is 0 Å². The molecular weight excluding hydrogens is 448 g/mol. The molecule has 3 aromatic rings. The van der Waals surface area contributed by atoms with E-state index in [-0.39, 0.29) is 0 Å². The first kappa shape index (κ1) is 24.2. The predicted molar refractivity (Wildman–Crippen MR) is 127 cm³/mol. The van der Waals surface area contributed by atoms with Gasteiger partial charge < -0.3 is 18.9 Å². The van der Waals surface area contributed by atoms with Crippen molar-refractivity contribution in [2.24, 2.45) is 0 Å². The number of carbonyl (C=O) groups excluding carboxylic acids is 3. The van der Waals surface area contributed by atoms with Gasteiger partial charge in [-0.05, 0) is 49.7 Å². The van der Waals surface area contributed by atoms with E-state index < -0.39 is 42.0 Å². The van der Waals surface area contributed by atoms with Crippen LogP contribution in [0.15, 0.2) is 91.0 Å². The van der Waals surface area contributed by atoms with Crippen molar-refractivity contribution >= 4 is 17.9 Å². The van der Waals surface area contributed by atoms with Gasteiger partial charge in [0.2, 0.25) is 11.9 Å². The Balaban J connectivity index is 1.65. The van der Waals surface area contributed by atoms with Gasteiger partial charge in [0.25, 0.3) is 0 Å². The zero-order valence-electron chi connectivity index (χ0n) is 19.5. The number of hydrogen-bond donors (Lipinski definition) is 0. The Morgan fingerprint density at radius 1 is 0.714 bits per heavy atom. The van der Waals surface area contributed by atoms with Crippen molar-refractivity contribution in [2.45, 2.75) is 44.4 Å². The van der Waals surface area contributed by atoms with Crippen LogP contribution in [0.5, 0.6) is 0 Å². The van der Waals surface area contributed by atoms with Gasteiger partial charge in [0.1, 0.15) is 6.10 Å². The molecule has 3 aromatic carbocycles. The number of benzene rings is 3. The molecule has 0 spiro atoms. The van der Waals surface area contributed by atoms with Crippen LogP contribution in [0.4, 0.5) is 0 Å². The minimum atomic E-state index is -1.61. The van der Waals surface area contributed by atoms with E-state index >= 15 is 0 Å². The number of carbonyl (C=O) groups is 3. The number of rotatable bonds is 7. The van der Waals surface area contributed by atoms with Gasteiger partial charge in [-0.15, -0.1) is 0 Å². The first-order valence-corrected chi connectivity index (χ1v) is 11.4. The van der Waals surface area contributed by atoms with Crippen LogP contribution in [0, 0.1) is 0 Å². The molecule has 0 aromatic heterocycles. The highest BCUT2D eigenvalue weighted by Crippen LogP contribution is 2.40. The predicted octanol–water partition coefficient (Wildman–Crippen LogP) is 4.82. The Morgan fingerprint density at radius 3 is 1.60 bits per heavy atom. The number of hydrogen-bond acceptors (Lipinski definition) is 7. The van der Waals surface area contributed by atoms with E-state index in [0.717, 1.165) is 0 Å². The molecule has 0 saturated carbocycles. The Morgan fingerprint density at radius 2 is 1.14 bits per heavy atom. The van der Waals surface area contributed by atoms with Gasteiger partial charge in [-0.2, -0.15) is 0 Å². The first-order chi connectivity index (χ1) is 16.9. The van der Waals surface area contributed by atoms with Crippen LogP contribution in [0.2, 0.25) is 0 Å². The molecule has 1 fully saturated rings. The minimum Gasteiger partial charge on any atom is -0.451 e. The molecule has 0 amide bonds. The molecule has 1 aliphatic heterocycles. The summed E-state index contributed by atoms with van der Waals surface area (Å²) in [5.41, 5.74) is -0.660. The van der Waals surface area contributed by atoms with E-state index in [9.17, 15) is 14.4 Å². The Kier molecular flexibility index (Phi) is 7.27. The third-order valence-electron chi connectivity index (χ3n) is 5.86. The van der Waals surface area contributed by atoms with Crippen molar-refractivity contribution in [1.82, 2.24) is 0 Å². The van der Waals surface area contributed by atoms with Crippen LogP contribution >= 0.6 is 0 Å². The quantitative estimate of drug-likeness (QED) is 0.358. The molecule has 0 N–H and O–H groups in total. The molecule has 0 aliphatic carbocycles. The SMILES string of the molecule is CC[C@H]1O[C@H](OC(=O)c2ccccc2)[C@](C)(OC(=O)c2ccccc2)[C@@H]1OC(=O)c1ccccc1. The fourth-order valence-electron chi connectivity index (χ4n) is 3.95. The maximum absolute atomic E-state index is 13.0. The number of esters is 3. The van der Waals surface area contributed by atoms with Gasteiger partial charge in [0, 0.05) is 0 Å². The van der Waals surface area contributed by atoms with Crippen molar-refractivity contribution in [3.8, 4) is 0 Å². The van der Waals surface area contributed by atoms with E-state index in [2.05, 4.69) is 0 Å². The van der Waals surface area contributed by atoms with E-state index in [0.29, 0.717) is 23.1 Å². The van der Waals surface area contributed by atoms with Crippen molar-refractivity contribution < 1.29 is 33.3 Å². The van der Waals surface area contributed by atoms with Gasteiger partial charge in [0.15, 0.2) is 6.10 Å². The summed E-state index contributed by atoms with van der Waals surface area (Å²) in [7, 11) is 0. The van der Waals surface area contributed by atoms with Crippen LogP contribution in [0.1, 0.15) is 51.3 Å². The molecule has 1 aliphatic rings. The monoisotopic (exact) mass is 474 g/mol. The summed E-state index contributed by atoms with van der Waals surface area (Å²) in [6, 6.07) is 25.3. The average molecular weight is 475 g/mol. The summed E-state index contributed by atoms with van der Waals surface area (Å²) in [6.07, 6.45) is -2.59. The largest absolute Gasteiger partial charge is 0.451 e. The number of ether oxygens (including phenoxy) is 4. The summed E-state index contributed by atoms with van der Waals surface area (Å²) in [6.45, 7) is 3.39. The summed E-state index contributed by atoms with van der Waals surface area (Å²) in [5.74, 6) is -1.91. The van der Waals surface area contributed by atoms with E-state index in [1.54, 1.807) is 97.9 Å². The van der Waals surface area contributed by atoms with Crippen molar-refractivity contribution in [1.29, 1.82) is 0 Å². The Bertz CT molecular complexity index is 1160. The Labute approximate surface area is 203 Å². The van der Waals surface area contributed by atoms with Gasteiger partial charge >= 0.3 is 17.9 Å². The molecule has 1 heterocycles. The highest BCUT2D eigenvalue weighted by molar-refractivity contribution is 5.91. The van der Waals surface area contributed by atoms with Crippen molar-refractivity contribution in [3.05, 3.63) is 108 Å². The second kappa shape index (κ2) is 10.5. The normalized spacial score (nSPS) is 23.3. The summed E-state index contributed by atoms with van der Waals surface area (Å²) in [5, 5.41) is 0. The van der Waals surface area contributed by atoms with E-state index in [1.165, 1.54) is 0 Å². The lowest BCUT2D eigenvalue weighted by Gasteiger charge is -2.33. The molecule has 4 rings (SSSR count). The third kappa shape index (κ3) is 5.25. The van der Waals surface area contributed by atoms with Gasteiger partial charge in [0.05, 0.1) is 16.7 Å². The highest BCUT2D eigenvalue weighted by atomic mass is 16.8. The van der Waals surface area contributed by atoms with Crippen LogP contribution in [-0.4, -0.2) is 42.0 Å².